The lowest BCUT2D eigenvalue weighted by molar-refractivity contribution is -0.122. The molecule has 0 saturated carbocycles. The number of benzene rings is 2. The first-order valence-corrected chi connectivity index (χ1v) is 13.1. The topological polar surface area (TPSA) is 130 Å². The number of aromatic amines is 1. The van der Waals surface area contributed by atoms with Gasteiger partial charge in [0.2, 0.25) is 0 Å². The van der Waals surface area contributed by atoms with E-state index in [0.29, 0.717) is 33.7 Å². The van der Waals surface area contributed by atoms with E-state index in [1.165, 1.54) is 12.1 Å². The van der Waals surface area contributed by atoms with Crippen molar-refractivity contribution in [1.29, 1.82) is 0 Å². The van der Waals surface area contributed by atoms with E-state index in [9.17, 15) is 17.6 Å². The Labute approximate surface area is 207 Å². The maximum Gasteiger partial charge on any atom is 0.264 e. The molecule has 0 atom stereocenters. The van der Waals surface area contributed by atoms with Crippen LogP contribution in [-0.4, -0.2) is 47.5 Å². The third-order valence-corrected chi connectivity index (χ3v) is 7.69. The first-order valence-electron chi connectivity index (χ1n) is 11.6. The number of aryl methyl sites for hydroxylation is 1. The maximum atomic E-state index is 14.1. The second-order valence-corrected chi connectivity index (χ2v) is 10.6. The SMILES string of the molecule is Cc1ccc(F)c(S(=O)(=O)Nc2ccc(-c3cnc4c(CC(=O)C5CCNCC5)[nH]nc4n3)cc2)c1. The molecule has 1 aliphatic rings. The number of rotatable bonds is 7. The third-order valence-electron chi connectivity index (χ3n) is 6.29. The largest absolute Gasteiger partial charge is 0.317 e. The molecule has 9 nitrogen and oxygen atoms in total. The molecule has 0 aliphatic carbocycles. The quantitative estimate of drug-likeness (QED) is 0.349. The normalized spacial score (nSPS) is 14.7. The van der Waals surface area contributed by atoms with Gasteiger partial charge in [-0.2, -0.15) is 5.10 Å². The Morgan fingerprint density at radius 2 is 1.89 bits per heavy atom. The number of nitrogens with one attached hydrogen (secondary N) is 3. The minimum absolute atomic E-state index is 0.0511. The highest BCUT2D eigenvalue weighted by Crippen LogP contribution is 2.25. The van der Waals surface area contributed by atoms with Gasteiger partial charge in [-0.25, -0.2) is 22.8 Å². The molecule has 0 amide bonds. The molecule has 36 heavy (non-hydrogen) atoms. The Kier molecular flexibility index (Phi) is 6.50. The zero-order chi connectivity index (χ0) is 25.3. The fraction of sp³-hybridized carbons (Fsp3) is 0.280. The lowest BCUT2D eigenvalue weighted by Gasteiger charge is -2.20. The van der Waals surface area contributed by atoms with E-state index >= 15 is 0 Å². The van der Waals surface area contributed by atoms with Crippen molar-refractivity contribution in [3.63, 3.8) is 0 Å². The summed E-state index contributed by atoms with van der Waals surface area (Å²) in [4.78, 5) is 21.3. The Hall–Kier alpha value is -3.70. The molecule has 3 heterocycles. The molecule has 2 aromatic carbocycles. The van der Waals surface area contributed by atoms with Crippen LogP contribution in [0.25, 0.3) is 22.4 Å². The van der Waals surface area contributed by atoms with Crippen LogP contribution < -0.4 is 10.0 Å². The number of fused-ring (bicyclic) bond motifs is 1. The number of carbonyl (C=O) groups is 1. The van der Waals surface area contributed by atoms with Crippen molar-refractivity contribution in [2.24, 2.45) is 5.92 Å². The number of H-pyrrole nitrogens is 1. The number of piperidine rings is 1. The van der Waals surface area contributed by atoms with Crippen molar-refractivity contribution in [2.45, 2.75) is 31.1 Å². The molecule has 186 valence electrons. The van der Waals surface area contributed by atoms with Gasteiger partial charge in [0.1, 0.15) is 22.0 Å². The Morgan fingerprint density at radius 3 is 2.64 bits per heavy atom. The van der Waals surface area contributed by atoms with Crippen LogP contribution in [0.3, 0.4) is 0 Å². The van der Waals surface area contributed by atoms with Gasteiger partial charge in [0.05, 0.1) is 24.0 Å². The predicted octanol–water partition coefficient (Wildman–Crippen LogP) is 3.38. The highest BCUT2D eigenvalue weighted by Gasteiger charge is 2.23. The highest BCUT2D eigenvalue weighted by atomic mass is 32.2. The zero-order valence-electron chi connectivity index (χ0n) is 19.6. The van der Waals surface area contributed by atoms with Gasteiger partial charge in [-0.15, -0.1) is 0 Å². The number of anilines is 1. The maximum absolute atomic E-state index is 14.1. The summed E-state index contributed by atoms with van der Waals surface area (Å²) in [5, 5.41) is 10.4. The van der Waals surface area contributed by atoms with Gasteiger partial charge in [-0.1, -0.05) is 18.2 Å². The van der Waals surface area contributed by atoms with E-state index in [4.69, 9.17) is 0 Å². The molecule has 0 spiro atoms. The molecule has 3 N–H and O–H groups in total. The number of nitrogens with zero attached hydrogens (tertiary/aromatic N) is 3. The Balaban J connectivity index is 1.32. The van der Waals surface area contributed by atoms with Crippen LogP contribution in [0.1, 0.15) is 24.1 Å². The number of halogens is 1. The predicted molar refractivity (Wildman–Crippen MR) is 133 cm³/mol. The molecule has 1 fully saturated rings. The molecule has 2 aromatic heterocycles. The fourth-order valence-corrected chi connectivity index (χ4v) is 5.53. The number of Topliss-reactive ketones (excluding diaryl/α,β-unsaturated/α-hetero) is 1. The molecular formula is C25H25FN6O3S. The molecule has 0 bridgehead atoms. The van der Waals surface area contributed by atoms with Crippen molar-refractivity contribution in [1.82, 2.24) is 25.5 Å². The van der Waals surface area contributed by atoms with Crippen molar-refractivity contribution in [2.75, 3.05) is 17.8 Å². The van der Waals surface area contributed by atoms with Crippen LogP contribution in [0, 0.1) is 18.7 Å². The van der Waals surface area contributed by atoms with Crippen LogP contribution in [0.4, 0.5) is 10.1 Å². The summed E-state index contributed by atoms with van der Waals surface area (Å²) in [7, 11) is -4.09. The molecule has 11 heteroatoms. The standard InChI is InChI=1S/C25H25FN6O3S/c1-15-2-7-19(26)23(12-15)36(34,35)32-18-5-3-16(4-6-18)21-14-28-24-20(30-31-25(24)29-21)13-22(33)17-8-10-27-11-9-17/h2-7,12,14,17,27,32H,8-11,13H2,1H3,(H,29,30,31). The van der Waals surface area contributed by atoms with Gasteiger partial charge in [0.25, 0.3) is 10.0 Å². The van der Waals surface area contributed by atoms with Crippen LogP contribution in [-0.2, 0) is 21.2 Å². The first kappa shape index (κ1) is 24.0. The van der Waals surface area contributed by atoms with Crippen LogP contribution >= 0.6 is 0 Å². The zero-order valence-corrected chi connectivity index (χ0v) is 20.4. The van der Waals surface area contributed by atoms with Crippen molar-refractivity contribution >= 4 is 32.7 Å². The molecule has 1 aliphatic heterocycles. The molecule has 5 rings (SSSR count). The number of hydrogen-bond acceptors (Lipinski definition) is 7. The summed E-state index contributed by atoms with van der Waals surface area (Å²) in [5.74, 6) is -0.587. The third kappa shape index (κ3) is 4.98. The van der Waals surface area contributed by atoms with Gasteiger partial charge in [0.15, 0.2) is 5.65 Å². The van der Waals surface area contributed by atoms with Gasteiger partial charge in [-0.05, 0) is 62.7 Å². The average Bonchev–Trinajstić information content (AvgIpc) is 3.28. The number of aromatic nitrogens is 4. The average molecular weight is 509 g/mol. The second kappa shape index (κ2) is 9.75. The lowest BCUT2D eigenvalue weighted by Crippen LogP contribution is -2.32. The second-order valence-electron chi connectivity index (χ2n) is 8.91. The minimum atomic E-state index is -4.09. The minimum Gasteiger partial charge on any atom is -0.317 e. The van der Waals surface area contributed by atoms with Crippen LogP contribution in [0.15, 0.2) is 53.6 Å². The van der Waals surface area contributed by atoms with Crippen molar-refractivity contribution < 1.29 is 17.6 Å². The smallest absolute Gasteiger partial charge is 0.264 e. The summed E-state index contributed by atoms with van der Waals surface area (Å²) in [6.45, 7) is 3.40. The van der Waals surface area contributed by atoms with Gasteiger partial charge >= 0.3 is 0 Å². The summed E-state index contributed by atoms with van der Waals surface area (Å²) >= 11 is 0. The molecule has 4 aromatic rings. The van der Waals surface area contributed by atoms with Crippen molar-refractivity contribution in [3.05, 3.63) is 65.7 Å². The summed E-state index contributed by atoms with van der Waals surface area (Å²) in [6.07, 6.45) is 3.52. The summed E-state index contributed by atoms with van der Waals surface area (Å²) in [6, 6.07) is 10.4. The molecule has 1 saturated heterocycles. The van der Waals surface area contributed by atoms with Gasteiger partial charge in [-0.3, -0.25) is 14.6 Å². The summed E-state index contributed by atoms with van der Waals surface area (Å²) in [5.41, 5.74) is 3.78. The summed E-state index contributed by atoms with van der Waals surface area (Å²) < 4.78 is 41.8. The number of hydrogen-bond donors (Lipinski definition) is 3. The van der Waals surface area contributed by atoms with E-state index < -0.39 is 20.7 Å². The first-order chi connectivity index (χ1) is 17.3. The van der Waals surface area contributed by atoms with Crippen LogP contribution in [0.2, 0.25) is 0 Å². The molecular weight excluding hydrogens is 483 g/mol. The fourth-order valence-electron chi connectivity index (χ4n) is 4.30. The Morgan fingerprint density at radius 1 is 1.14 bits per heavy atom. The van der Waals surface area contributed by atoms with E-state index in [1.54, 1.807) is 37.4 Å². The Bertz CT molecular complexity index is 1530. The van der Waals surface area contributed by atoms with Gasteiger partial charge < -0.3 is 5.32 Å². The number of carbonyl (C=O) groups excluding carboxylic acids is 1. The number of sulfonamides is 1. The number of ketones is 1. The van der Waals surface area contributed by atoms with Crippen LogP contribution in [0.5, 0.6) is 0 Å². The van der Waals surface area contributed by atoms with E-state index in [2.05, 4.69) is 30.2 Å². The van der Waals surface area contributed by atoms with E-state index in [-0.39, 0.29) is 23.8 Å². The highest BCUT2D eigenvalue weighted by molar-refractivity contribution is 7.92. The van der Waals surface area contributed by atoms with E-state index in [0.717, 1.165) is 32.0 Å². The molecule has 0 unspecified atom stereocenters. The molecule has 0 radical (unpaired) electrons. The van der Waals surface area contributed by atoms with E-state index in [1.807, 2.05) is 0 Å². The van der Waals surface area contributed by atoms with Gasteiger partial charge in [0, 0.05) is 17.2 Å². The van der Waals surface area contributed by atoms with Crippen molar-refractivity contribution in [3.8, 4) is 11.3 Å². The lowest BCUT2D eigenvalue weighted by atomic mass is 9.91. The monoisotopic (exact) mass is 508 g/mol.